The van der Waals surface area contributed by atoms with Crippen molar-refractivity contribution in [1.29, 1.82) is 0 Å². The molecule has 0 aliphatic heterocycles. The van der Waals surface area contributed by atoms with Crippen LogP contribution in [0.5, 0.6) is 5.88 Å². The minimum absolute atomic E-state index is 0.352. The maximum absolute atomic E-state index is 6.10. The number of nitrogens with zero attached hydrogens (tertiary/aromatic N) is 2. The zero-order chi connectivity index (χ0) is 12.8. The molecule has 0 aromatic carbocycles. The SMILES string of the molecule is CCCOc1cc(NCC2CCC(Cl)C2)ncn1. The van der Waals surface area contributed by atoms with Gasteiger partial charge >= 0.3 is 0 Å². The van der Waals surface area contributed by atoms with E-state index in [1.54, 1.807) is 0 Å². The number of ether oxygens (including phenoxy) is 1. The summed E-state index contributed by atoms with van der Waals surface area (Å²) in [5.74, 6) is 2.12. The molecule has 1 aliphatic rings. The highest BCUT2D eigenvalue weighted by Gasteiger charge is 2.22. The van der Waals surface area contributed by atoms with Gasteiger partial charge in [0.15, 0.2) is 0 Å². The van der Waals surface area contributed by atoms with Crippen LogP contribution in [0.4, 0.5) is 5.82 Å². The summed E-state index contributed by atoms with van der Waals surface area (Å²) in [7, 11) is 0. The minimum Gasteiger partial charge on any atom is -0.478 e. The second-order valence-electron chi connectivity index (χ2n) is 4.75. The molecule has 1 aliphatic carbocycles. The lowest BCUT2D eigenvalue weighted by Crippen LogP contribution is -2.13. The van der Waals surface area contributed by atoms with Gasteiger partial charge in [0.05, 0.1) is 6.61 Å². The molecule has 100 valence electrons. The second kappa shape index (κ2) is 6.78. The molecule has 1 heterocycles. The van der Waals surface area contributed by atoms with Crippen LogP contribution in [-0.2, 0) is 0 Å². The standard InChI is InChI=1S/C13H20ClN3O/c1-2-5-18-13-7-12(16-9-17-13)15-8-10-3-4-11(14)6-10/h7,9-11H,2-6,8H2,1H3,(H,15,16,17). The van der Waals surface area contributed by atoms with Crippen molar-refractivity contribution in [2.45, 2.75) is 38.0 Å². The molecule has 1 N–H and O–H groups in total. The van der Waals surface area contributed by atoms with Crippen molar-refractivity contribution in [3.63, 3.8) is 0 Å². The highest BCUT2D eigenvalue weighted by Crippen LogP contribution is 2.29. The molecule has 0 amide bonds. The van der Waals surface area contributed by atoms with E-state index in [0.717, 1.165) is 31.6 Å². The quantitative estimate of drug-likeness (QED) is 0.806. The van der Waals surface area contributed by atoms with Gasteiger partial charge in [-0.3, -0.25) is 0 Å². The average Bonchev–Trinajstić information content (AvgIpc) is 2.80. The number of nitrogens with one attached hydrogen (secondary N) is 1. The van der Waals surface area contributed by atoms with Gasteiger partial charge < -0.3 is 10.1 Å². The number of hydrogen-bond donors (Lipinski definition) is 1. The maximum atomic E-state index is 6.10. The monoisotopic (exact) mass is 269 g/mol. The molecule has 1 fully saturated rings. The summed E-state index contributed by atoms with van der Waals surface area (Å²) in [6.45, 7) is 3.68. The zero-order valence-corrected chi connectivity index (χ0v) is 11.5. The topological polar surface area (TPSA) is 47.0 Å². The van der Waals surface area contributed by atoms with Crippen LogP contribution < -0.4 is 10.1 Å². The largest absolute Gasteiger partial charge is 0.478 e. The first-order chi connectivity index (χ1) is 8.78. The van der Waals surface area contributed by atoms with E-state index in [4.69, 9.17) is 16.3 Å². The average molecular weight is 270 g/mol. The third-order valence-corrected chi connectivity index (χ3v) is 3.54. The predicted molar refractivity (Wildman–Crippen MR) is 73.3 cm³/mol. The van der Waals surface area contributed by atoms with Gasteiger partial charge in [0, 0.05) is 18.0 Å². The van der Waals surface area contributed by atoms with E-state index in [0.29, 0.717) is 23.8 Å². The molecule has 18 heavy (non-hydrogen) atoms. The van der Waals surface area contributed by atoms with Crippen molar-refractivity contribution < 1.29 is 4.74 Å². The fraction of sp³-hybridized carbons (Fsp3) is 0.692. The van der Waals surface area contributed by atoms with Gasteiger partial charge in [0.2, 0.25) is 5.88 Å². The summed E-state index contributed by atoms with van der Waals surface area (Å²) < 4.78 is 5.47. The summed E-state index contributed by atoms with van der Waals surface area (Å²) >= 11 is 6.10. The van der Waals surface area contributed by atoms with Crippen LogP contribution in [-0.4, -0.2) is 28.5 Å². The van der Waals surface area contributed by atoms with E-state index in [-0.39, 0.29) is 0 Å². The number of alkyl halides is 1. The van der Waals surface area contributed by atoms with Gasteiger partial charge in [-0.1, -0.05) is 6.92 Å². The first-order valence-electron chi connectivity index (χ1n) is 6.60. The molecule has 0 spiro atoms. The summed E-state index contributed by atoms with van der Waals surface area (Å²) in [5, 5.41) is 3.69. The van der Waals surface area contributed by atoms with E-state index in [2.05, 4.69) is 22.2 Å². The lowest BCUT2D eigenvalue weighted by atomic mass is 10.1. The van der Waals surface area contributed by atoms with Crippen molar-refractivity contribution in [2.75, 3.05) is 18.5 Å². The predicted octanol–water partition coefficient (Wildman–Crippen LogP) is 3.08. The maximum Gasteiger partial charge on any atom is 0.218 e. The normalized spacial score (nSPS) is 23.0. The van der Waals surface area contributed by atoms with Crippen molar-refractivity contribution in [2.24, 2.45) is 5.92 Å². The Morgan fingerprint density at radius 3 is 3.06 bits per heavy atom. The molecular weight excluding hydrogens is 250 g/mol. The van der Waals surface area contributed by atoms with Gasteiger partial charge in [-0.2, -0.15) is 0 Å². The van der Waals surface area contributed by atoms with E-state index >= 15 is 0 Å². The molecule has 2 atom stereocenters. The van der Waals surface area contributed by atoms with Gasteiger partial charge in [0.25, 0.3) is 0 Å². The third kappa shape index (κ3) is 4.02. The highest BCUT2D eigenvalue weighted by atomic mass is 35.5. The van der Waals surface area contributed by atoms with E-state index in [1.807, 2.05) is 6.07 Å². The number of aromatic nitrogens is 2. The fourth-order valence-electron chi connectivity index (χ4n) is 2.17. The van der Waals surface area contributed by atoms with Crippen LogP contribution in [0.25, 0.3) is 0 Å². The Balaban J connectivity index is 1.81. The third-order valence-electron chi connectivity index (χ3n) is 3.15. The lowest BCUT2D eigenvalue weighted by Gasteiger charge is -2.11. The van der Waals surface area contributed by atoms with E-state index in [9.17, 15) is 0 Å². The number of halogens is 1. The highest BCUT2D eigenvalue weighted by molar-refractivity contribution is 6.20. The molecule has 1 aromatic rings. The van der Waals surface area contributed by atoms with Gasteiger partial charge in [0.1, 0.15) is 12.1 Å². The van der Waals surface area contributed by atoms with Crippen LogP contribution >= 0.6 is 11.6 Å². The number of anilines is 1. The Hall–Kier alpha value is -1.03. The van der Waals surface area contributed by atoms with Crippen LogP contribution in [0.15, 0.2) is 12.4 Å². The summed E-state index contributed by atoms with van der Waals surface area (Å²) in [6, 6.07) is 1.85. The molecule has 2 rings (SSSR count). The Bertz CT molecular complexity index is 375. The molecule has 0 bridgehead atoms. The summed E-state index contributed by atoms with van der Waals surface area (Å²) in [6.07, 6.45) is 5.94. The summed E-state index contributed by atoms with van der Waals surface area (Å²) in [5.41, 5.74) is 0. The molecular formula is C13H20ClN3O. The molecule has 1 saturated carbocycles. The molecule has 5 heteroatoms. The van der Waals surface area contributed by atoms with Crippen LogP contribution in [0.2, 0.25) is 0 Å². The van der Waals surface area contributed by atoms with E-state index < -0.39 is 0 Å². The van der Waals surface area contributed by atoms with Crippen molar-refractivity contribution in [1.82, 2.24) is 9.97 Å². The van der Waals surface area contributed by atoms with Gasteiger partial charge in [-0.15, -0.1) is 11.6 Å². The van der Waals surface area contributed by atoms with Crippen LogP contribution in [0.3, 0.4) is 0 Å². The van der Waals surface area contributed by atoms with Crippen molar-refractivity contribution >= 4 is 17.4 Å². The second-order valence-corrected chi connectivity index (χ2v) is 5.36. The smallest absolute Gasteiger partial charge is 0.218 e. The number of hydrogen-bond acceptors (Lipinski definition) is 4. The first-order valence-corrected chi connectivity index (χ1v) is 7.04. The molecule has 0 saturated heterocycles. The molecule has 4 nitrogen and oxygen atoms in total. The lowest BCUT2D eigenvalue weighted by molar-refractivity contribution is 0.305. The Labute approximate surface area is 113 Å². The zero-order valence-electron chi connectivity index (χ0n) is 10.7. The van der Waals surface area contributed by atoms with Gasteiger partial charge in [-0.25, -0.2) is 9.97 Å². The van der Waals surface area contributed by atoms with Gasteiger partial charge in [-0.05, 0) is 31.6 Å². The van der Waals surface area contributed by atoms with Crippen LogP contribution in [0.1, 0.15) is 32.6 Å². The Morgan fingerprint density at radius 2 is 2.33 bits per heavy atom. The van der Waals surface area contributed by atoms with Crippen molar-refractivity contribution in [3.8, 4) is 5.88 Å². The fourth-order valence-corrected chi connectivity index (χ4v) is 2.55. The summed E-state index contributed by atoms with van der Waals surface area (Å²) in [4.78, 5) is 8.27. The van der Waals surface area contributed by atoms with Crippen LogP contribution in [0, 0.1) is 5.92 Å². The first kappa shape index (κ1) is 13.4. The number of rotatable bonds is 6. The minimum atomic E-state index is 0.352. The Morgan fingerprint density at radius 1 is 1.44 bits per heavy atom. The molecule has 1 aromatic heterocycles. The molecule has 2 unspecified atom stereocenters. The van der Waals surface area contributed by atoms with Crippen molar-refractivity contribution in [3.05, 3.63) is 12.4 Å². The Kier molecular flexibility index (Phi) is 5.05. The van der Waals surface area contributed by atoms with E-state index in [1.165, 1.54) is 12.7 Å². The molecule has 0 radical (unpaired) electrons.